The summed E-state index contributed by atoms with van der Waals surface area (Å²) in [6.07, 6.45) is 1.84. The van der Waals surface area contributed by atoms with Crippen molar-refractivity contribution >= 4 is 21.5 Å². The van der Waals surface area contributed by atoms with Gasteiger partial charge in [-0.2, -0.15) is 8.42 Å². The quantitative estimate of drug-likeness (QED) is 0.794. The molecular weight excluding hydrogens is 286 g/mol. The maximum atomic E-state index is 12.1. The molecule has 2 aromatic rings. The van der Waals surface area contributed by atoms with E-state index in [4.69, 9.17) is 8.71 Å². The first-order chi connectivity index (χ1) is 8.94. The molecule has 0 atom stereocenters. The highest BCUT2D eigenvalue weighted by atomic mass is 32.3. The predicted octanol–water partition coefficient (Wildman–Crippen LogP) is 3.07. The van der Waals surface area contributed by atoms with Crippen molar-refractivity contribution in [3.05, 3.63) is 28.3 Å². The Bertz CT molecular complexity index is 670. The van der Waals surface area contributed by atoms with E-state index < -0.39 is 10.1 Å². The molecule has 0 bridgehead atoms. The van der Waals surface area contributed by atoms with Gasteiger partial charge in [0.25, 0.3) is 5.88 Å². The number of rotatable bonds is 5. The molecule has 0 aliphatic carbocycles. The third-order valence-electron chi connectivity index (χ3n) is 2.68. The van der Waals surface area contributed by atoms with Crippen LogP contribution in [0.1, 0.15) is 29.5 Å². The molecule has 0 amide bonds. The lowest BCUT2D eigenvalue weighted by Gasteiger charge is -2.01. The van der Waals surface area contributed by atoms with Crippen LogP contribution in [0.4, 0.5) is 0 Å². The molecule has 0 saturated heterocycles. The van der Waals surface area contributed by atoms with Gasteiger partial charge in [0.2, 0.25) is 0 Å². The van der Waals surface area contributed by atoms with Crippen molar-refractivity contribution in [3.8, 4) is 5.88 Å². The molecule has 104 valence electrons. The van der Waals surface area contributed by atoms with E-state index in [0.717, 1.165) is 17.7 Å². The third-order valence-corrected chi connectivity index (χ3v) is 5.49. The van der Waals surface area contributed by atoms with Gasteiger partial charge in [0.05, 0.1) is 5.56 Å². The Hall–Kier alpha value is -1.34. The zero-order valence-electron chi connectivity index (χ0n) is 11.0. The van der Waals surface area contributed by atoms with E-state index in [0.29, 0.717) is 11.3 Å². The Balaban J connectivity index is 2.24. The minimum absolute atomic E-state index is 0.00272. The molecule has 0 unspecified atom stereocenters. The van der Waals surface area contributed by atoms with Crippen LogP contribution in [0.15, 0.2) is 20.9 Å². The Labute approximate surface area is 116 Å². The molecule has 2 aromatic heterocycles. The van der Waals surface area contributed by atoms with Gasteiger partial charge in [0, 0.05) is 4.88 Å². The summed E-state index contributed by atoms with van der Waals surface area (Å²) >= 11 is 1.22. The van der Waals surface area contributed by atoms with E-state index in [1.807, 2.05) is 13.0 Å². The summed E-state index contributed by atoms with van der Waals surface area (Å²) in [5, 5.41) is 3.60. The first kappa shape index (κ1) is 14.1. The van der Waals surface area contributed by atoms with E-state index in [2.05, 4.69) is 5.16 Å². The minimum atomic E-state index is -3.82. The number of hydrogen-bond donors (Lipinski definition) is 0. The van der Waals surface area contributed by atoms with Crippen molar-refractivity contribution in [1.82, 2.24) is 5.16 Å². The van der Waals surface area contributed by atoms with Crippen molar-refractivity contribution in [2.45, 2.75) is 37.8 Å². The normalized spacial score (nSPS) is 11.7. The fourth-order valence-electron chi connectivity index (χ4n) is 1.49. The predicted molar refractivity (Wildman–Crippen MR) is 72.1 cm³/mol. The summed E-state index contributed by atoms with van der Waals surface area (Å²) in [7, 11) is -3.82. The van der Waals surface area contributed by atoms with Crippen LogP contribution in [0.2, 0.25) is 0 Å². The van der Waals surface area contributed by atoms with Crippen molar-refractivity contribution in [1.29, 1.82) is 0 Å². The summed E-state index contributed by atoms with van der Waals surface area (Å²) in [4.78, 5) is 1.03. The fraction of sp³-hybridized carbons (Fsp3) is 0.417. The summed E-state index contributed by atoms with van der Waals surface area (Å²) in [5.74, 6) is 0.547. The van der Waals surface area contributed by atoms with Crippen LogP contribution in [-0.2, 0) is 16.5 Å². The summed E-state index contributed by atoms with van der Waals surface area (Å²) in [6, 6.07) is 3.37. The van der Waals surface area contributed by atoms with E-state index in [9.17, 15) is 8.42 Å². The second kappa shape index (κ2) is 5.34. The average molecular weight is 301 g/mol. The standard InChI is InChI=1S/C12H15NO4S2/c1-4-5-10-6-7-11(18-10)19(14,15)17-12-8(2)9(3)16-13-12/h6-7H,4-5H2,1-3H3. The van der Waals surface area contributed by atoms with Gasteiger partial charge >= 0.3 is 10.1 Å². The Morgan fingerprint density at radius 1 is 1.37 bits per heavy atom. The third kappa shape index (κ3) is 2.98. The summed E-state index contributed by atoms with van der Waals surface area (Å²) in [5.41, 5.74) is 0.592. The first-order valence-electron chi connectivity index (χ1n) is 5.90. The zero-order chi connectivity index (χ0) is 14.0. The minimum Gasteiger partial charge on any atom is -0.358 e. The van der Waals surface area contributed by atoms with Crippen LogP contribution < -0.4 is 4.18 Å². The molecule has 2 heterocycles. The second-order valence-corrected chi connectivity index (χ2v) is 7.12. The molecule has 0 fully saturated rings. The SMILES string of the molecule is CCCc1ccc(S(=O)(=O)Oc2noc(C)c2C)s1. The maximum Gasteiger partial charge on any atom is 0.350 e. The van der Waals surface area contributed by atoms with Gasteiger partial charge < -0.3 is 8.71 Å². The van der Waals surface area contributed by atoms with Gasteiger partial charge in [-0.05, 0) is 37.6 Å². The van der Waals surface area contributed by atoms with Crippen LogP contribution in [0.25, 0.3) is 0 Å². The topological polar surface area (TPSA) is 69.4 Å². The average Bonchev–Trinajstić information content (AvgIpc) is 2.92. The van der Waals surface area contributed by atoms with Crippen LogP contribution in [0.5, 0.6) is 5.88 Å². The fourth-order valence-corrected chi connectivity index (χ4v) is 3.84. The lowest BCUT2D eigenvalue weighted by atomic mass is 10.3. The molecule has 0 N–H and O–H groups in total. The second-order valence-electron chi connectivity index (χ2n) is 4.18. The lowest BCUT2D eigenvalue weighted by Crippen LogP contribution is -2.08. The molecule has 7 heteroatoms. The molecule has 0 saturated carbocycles. The van der Waals surface area contributed by atoms with Crippen LogP contribution in [0.3, 0.4) is 0 Å². The summed E-state index contributed by atoms with van der Waals surface area (Å²) in [6.45, 7) is 5.45. The Kier molecular flexibility index (Phi) is 3.96. The number of hydrogen-bond acceptors (Lipinski definition) is 6. The van der Waals surface area contributed by atoms with Crippen molar-refractivity contribution in [2.75, 3.05) is 0 Å². The van der Waals surface area contributed by atoms with Gasteiger partial charge in [0.1, 0.15) is 5.76 Å². The monoisotopic (exact) mass is 301 g/mol. The Morgan fingerprint density at radius 2 is 2.11 bits per heavy atom. The van der Waals surface area contributed by atoms with Gasteiger partial charge in [-0.25, -0.2) is 0 Å². The van der Waals surface area contributed by atoms with Crippen LogP contribution in [0, 0.1) is 13.8 Å². The van der Waals surface area contributed by atoms with E-state index >= 15 is 0 Å². The lowest BCUT2D eigenvalue weighted by molar-refractivity contribution is 0.369. The Morgan fingerprint density at radius 3 is 2.68 bits per heavy atom. The van der Waals surface area contributed by atoms with Crippen molar-refractivity contribution in [2.24, 2.45) is 0 Å². The van der Waals surface area contributed by atoms with Crippen molar-refractivity contribution < 1.29 is 17.1 Å². The van der Waals surface area contributed by atoms with E-state index in [1.165, 1.54) is 11.3 Å². The van der Waals surface area contributed by atoms with Gasteiger partial charge in [0.15, 0.2) is 4.21 Å². The van der Waals surface area contributed by atoms with E-state index in [1.54, 1.807) is 19.9 Å². The molecule has 0 aliphatic heterocycles. The summed E-state index contributed by atoms with van der Waals surface area (Å²) < 4.78 is 34.3. The molecule has 2 rings (SSSR count). The van der Waals surface area contributed by atoms with Gasteiger partial charge in [-0.3, -0.25) is 0 Å². The zero-order valence-corrected chi connectivity index (χ0v) is 12.6. The molecule has 0 aromatic carbocycles. The smallest absolute Gasteiger partial charge is 0.350 e. The number of aromatic nitrogens is 1. The largest absolute Gasteiger partial charge is 0.358 e. The molecule has 19 heavy (non-hydrogen) atoms. The van der Waals surface area contributed by atoms with Crippen LogP contribution >= 0.6 is 11.3 Å². The highest BCUT2D eigenvalue weighted by Crippen LogP contribution is 2.27. The number of nitrogens with zero attached hydrogens (tertiary/aromatic N) is 1. The highest BCUT2D eigenvalue weighted by molar-refractivity contribution is 7.89. The highest BCUT2D eigenvalue weighted by Gasteiger charge is 2.23. The molecule has 0 radical (unpaired) electrons. The maximum absolute atomic E-state index is 12.1. The van der Waals surface area contributed by atoms with Crippen LogP contribution in [-0.4, -0.2) is 13.6 Å². The van der Waals surface area contributed by atoms with Gasteiger partial charge in [-0.1, -0.05) is 13.3 Å². The molecule has 0 spiro atoms. The molecular formula is C12H15NO4S2. The molecule has 0 aliphatic rings. The first-order valence-corrected chi connectivity index (χ1v) is 8.12. The van der Waals surface area contributed by atoms with E-state index in [-0.39, 0.29) is 10.1 Å². The van der Waals surface area contributed by atoms with Gasteiger partial charge in [-0.15, -0.1) is 11.3 Å². The number of thiophene rings is 1. The van der Waals surface area contributed by atoms with Crippen molar-refractivity contribution in [3.63, 3.8) is 0 Å². The number of aryl methyl sites for hydroxylation is 2. The molecule has 5 nitrogen and oxygen atoms in total.